The summed E-state index contributed by atoms with van der Waals surface area (Å²) in [7, 11) is 0. The SMILES string of the molecule is N#CC(OC(=O)C(=O)OC(C#N)c1ccccc1)c1ccccc1. The van der Waals surface area contributed by atoms with Crippen molar-refractivity contribution in [2.24, 2.45) is 0 Å². The van der Waals surface area contributed by atoms with Crippen LogP contribution in [-0.4, -0.2) is 11.9 Å². The lowest BCUT2D eigenvalue weighted by molar-refractivity contribution is -0.171. The van der Waals surface area contributed by atoms with E-state index in [1.807, 2.05) is 0 Å². The number of ether oxygens (including phenoxy) is 2. The number of carbonyl (C=O) groups excluding carboxylic acids is 2. The van der Waals surface area contributed by atoms with Crippen LogP contribution in [0.25, 0.3) is 0 Å². The predicted molar refractivity (Wildman–Crippen MR) is 81.8 cm³/mol. The monoisotopic (exact) mass is 320 g/mol. The van der Waals surface area contributed by atoms with E-state index in [1.54, 1.807) is 72.8 Å². The molecule has 0 aliphatic heterocycles. The van der Waals surface area contributed by atoms with Crippen LogP contribution in [0.3, 0.4) is 0 Å². The van der Waals surface area contributed by atoms with Crippen molar-refractivity contribution < 1.29 is 19.1 Å². The van der Waals surface area contributed by atoms with E-state index in [-0.39, 0.29) is 0 Å². The van der Waals surface area contributed by atoms with Gasteiger partial charge in [-0.3, -0.25) is 0 Å². The number of nitrogens with zero attached hydrogens (tertiary/aromatic N) is 2. The summed E-state index contributed by atoms with van der Waals surface area (Å²) in [5.41, 5.74) is 0.863. The quantitative estimate of drug-likeness (QED) is 0.634. The highest BCUT2D eigenvalue weighted by Gasteiger charge is 2.27. The topological polar surface area (TPSA) is 100 Å². The van der Waals surface area contributed by atoms with E-state index in [1.165, 1.54) is 0 Å². The van der Waals surface area contributed by atoms with E-state index >= 15 is 0 Å². The summed E-state index contributed by atoms with van der Waals surface area (Å²) in [5.74, 6) is -2.66. The lowest BCUT2D eigenvalue weighted by atomic mass is 10.1. The highest BCUT2D eigenvalue weighted by Crippen LogP contribution is 2.19. The second-order valence-electron chi connectivity index (χ2n) is 4.65. The molecule has 0 amide bonds. The van der Waals surface area contributed by atoms with Crippen molar-refractivity contribution in [3.63, 3.8) is 0 Å². The lowest BCUT2D eigenvalue weighted by Crippen LogP contribution is -2.23. The first-order valence-electron chi connectivity index (χ1n) is 6.96. The fourth-order valence-corrected chi connectivity index (χ4v) is 1.90. The van der Waals surface area contributed by atoms with Crippen molar-refractivity contribution in [1.82, 2.24) is 0 Å². The molecule has 0 saturated carbocycles. The average molecular weight is 320 g/mol. The Kier molecular flexibility index (Phi) is 5.65. The molecule has 0 saturated heterocycles. The molecule has 0 aliphatic rings. The minimum atomic E-state index is -1.33. The Morgan fingerprint density at radius 3 is 1.33 bits per heavy atom. The number of rotatable bonds is 4. The molecule has 6 nitrogen and oxygen atoms in total. The van der Waals surface area contributed by atoms with Crippen LogP contribution in [-0.2, 0) is 19.1 Å². The Labute approximate surface area is 138 Å². The number of hydrogen-bond acceptors (Lipinski definition) is 6. The number of benzene rings is 2. The third-order valence-corrected chi connectivity index (χ3v) is 3.06. The van der Waals surface area contributed by atoms with Crippen molar-refractivity contribution in [2.75, 3.05) is 0 Å². The molecule has 0 fully saturated rings. The minimum absolute atomic E-state index is 0.432. The van der Waals surface area contributed by atoms with Crippen molar-refractivity contribution in [3.8, 4) is 12.1 Å². The van der Waals surface area contributed by atoms with Gasteiger partial charge in [0.1, 0.15) is 12.1 Å². The molecular formula is C18H12N2O4. The second kappa shape index (κ2) is 8.11. The van der Waals surface area contributed by atoms with Crippen LogP contribution in [0.1, 0.15) is 23.3 Å². The Balaban J connectivity index is 2.03. The maximum Gasteiger partial charge on any atom is 0.419 e. The molecule has 0 aromatic heterocycles. The molecule has 24 heavy (non-hydrogen) atoms. The van der Waals surface area contributed by atoms with Crippen molar-refractivity contribution in [1.29, 1.82) is 10.5 Å². The van der Waals surface area contributed by atoms with Gasteiger partial charge in [0.25, 0.3) is 0 Å². The smallest absolute Gasteiger partial charge is 0.419 e. The summed E-state index contributed by atoms with van der Waals surface area (Å²) >= 11 is 0. The standard InChI is InChI=1S/C18H12N2O4/c19-11-15(13-7-3-1-4-8-13)23-17(21)18(22)24-16(12-20)14-9-5-2-6-10-14/h1-10,15-16H. The van der Waals surface area contributed by atoms with Gasteiger partial charge in [-0.05, 0) is 0 Å². The van der Waals surface area contributed by atoms with E-state index in [9.17, 15) is 9.59 Å². The first-order chi connectivity index (χ1) is 11.7. The first-order valence-corrected chi connectivity index (χ1v) is 6.96. The summed E-state index contributed by atoms with van der Waals surface area (Å²) in [4.78, 5) is 23.6. The molecule has 2 atom stereocenters. The molecule has 0 heterocycles. The van der Waals surface area contributed by atoms with Gasteiger partial charge < -0.3 is 9.47 Å². The van der Waals surface area contributed by atoms with Gasteiger partial charge in [-0.2, -0.15) is 10.5 Å². The second-order valence-corrected chi connectivity index (χ2v) is 4.65. The third kappa shape index (κ3) is 4.19. The van der Waals surface area contributed by atoms with Gasteiger partial charge in [0.2, 0.25) is 12.2 Å². The predicted octanol–water partition coefficient (Wildman–Crippen LogP) is 2.60. The zero-order valence-electron chi connectivity index (χ0n) is 12.5. The fourth-order valence-electron chi connectivity index (χ4n) is 1.90. The Hall–Kier alpha value is -3.64. The van der Waals surface area contributed by atoms with Crippen LogP contribution < -0.4 is 0 Å². The van der Waals surface area contributed by atoms with Crippen molar-refractivity contribution in [3.05, 3.63) is 71.8 Å². The summed E-state index contributed by atoms with van der Waals surface area (Å²) in [6, 6.07) is 20.1. The molecule has 2 unspecified atom stereocenters. The summed E-state index contributed by atoms with van der Waals surface area (Å²) in [5, 5.41) is 18.2. The minimum Gasteiger partial charge on any atom is -0.434 e. The molecule has 0 aliphatic carbocycles. The van der Waals surface area contributed by atoms with E-state index in [2.05, 4.69) is 0 Å². The van der Waals surface area contributed by atoms with Crippen molar-refractivity contribution in [2.45, 2.75) is 12.2 Å². The zero-order valence-corrected chi connectivity index (χ0v) is 12.5. The molecular weight excluding hydrogens is 308 g/mol. The maximum absolute atomic E-state index is 11.8. The van der Waals surface area contributed by atoms with Gasteiger partial charge in [0, 0.05) is 11.1 Å². The lowest BCUT2D eigenvalue weighted by Gasteiger charge is -2.13. The van der Waals surface area contributed by atoms with Crippen LogP contribution in [0.4, 0.5) is 0 Å². The largest absolute Gasteiger partial charge is 0.434 e. The van der Waals surface area contributed by atoms with Crippen molar-refractivity contribution >= 4 is 11.9 Å². The molecule has 118 valence electrons. The fraction of sp³-hybridized carbons (Fsp3) is 0.111. The van der Waals surface area contributed by atoms with E-state index in [0.29, 0.717) is 11.1 Å². The molecule has 0 radical (unpaired) electrons. The van der Waals surface area contributed by atoms with E-state index in [0.717, 1.165) is 0 Å². The van der Waals surface area contributed by atoms with Gasteiger partial charge in [0.15, 0.2) is 0 Å². The van der Waals surface area contributed by atoms with Crippen LogP contribution in [0, 0.1) is 22.7 Å². The normalized spacial score (nSPS) is 12.1. The van der Waals surface area contributed by atoms with Gasteiger partial charge in [0.05, 0.1) is 0 Å². The van der Waals surface area contributed by atoms with Crippen LogP contribution in [0.15, 0.2) is 60.7 Å². The van der Waals surface area contributed by atoms with Gasteiger partial charge in [-0.15, -0.1) is 0 Å². The molecule has 0 bridgehead atoms. The maximum atomic E-state index is 11.8. The molecule has 2 aromatic carbocycles. The van der Waals surface area contributed by atoms with Crippen LogP contribution in [0.2, 0.25) is 0 Å². The summed E-state index contributed by atoms with van der Waals surface area (Å²) in [6.45, 7) is 0. The van der Waals surface area contributed by atoms with E-state index < -0.39 is 24.1 Å². The summed E-state index contributed by atoms with van der Waals surface area (Å²) in [6.07, 6.45) is -2.47. The number of esters is 2. The molecule has 0 spiro atoms. The average Bonchev–Trinajstić information content (AvgIpc) is 2.65. The van der Waals surface area contributed by atoms with Gasteiger partial charge in [-0.1, -0.05) is 60.7 Å². The van der Waals surface area contributed by atoms with E-state index in [4.69, 9.17) is 20.0 Å². The molecule has 2 rings (SSSR count). The van der Waals surface area contributed by atoms with Gasteiger partial charge >= 0.3 is 11.9 Å². The number of nitriles is 2. The highest BCUT2D eigenvalue weighted by molar-refractivity contribution is 6.29. The number of carbonyl (C=O) groups is 2. The third-order valence-electron chi connectivity index (χ3n) is 3.06. The summed E-state index contributed by atoms with van der Waals surface area (Å²) < 4.78 is 9.69. The molecule has 2 aromatic rings. The Morgan fingerprint density at radius 1 is 0.708 bits per heavy atom. The van der Waals surface area contributed by atoms with Crippen LogP contribution in [0.5, 0.6) is 0 Å². The molecule has 0 N–H and O–H groups in total. The number of hydrogen-bond donors (Lipinski definition) is 0. The van der Waals surface area contributed by atoms with Crippen LogP contribution >= 0.6 is 0 Å². The van der Waals surface area contributed by atoms with Gasteiger partial charge in [-0.25, -0.2) is 9.59 Å². The Bertz CT molecular complexity index is 722. The molecule has 6 heteroatoms. The highest BCUT2D eigenvalue weighted by atomic mass is 16.6. The zero-order chi connectivity index (χ0) is 17.4. The Morgan fingerprint density at radius 2 is 1.04 bits per heavy atom. The first kappa shape index (κ1) is 16.7.